The third kappa shape index (κ3) is 5.18. The van der Waals surface area contributed by atoms with Crippen molar-refractivity contribution in [3.63, 3.8) is 0 Å². The van der Waals surface area contributed by atoms with Crippen LogP contribution in [0.4, 0.5) is 17.1 Å². The van der Waals surface area contributed by atoms with E-state index in [1.54, 1.807) is 48.1 Å². The van der Waals surface area contributed by atoms with E-state index in [1.807, 2.05) is 30.5 Å². The van der Waals surface area contributed by atoms with Crippen molar-refractivity contribution in [2.24, 2.45) is 23.5 Å². The molecule has 5 aromatic rings. The molecule has 0 bridgehead atoms. The van der Waals surface area contributed by atoms with Crippen LogP contribution >= 0.6 is 0 Å². The third-order valence-corrected chi connectivity index (χ3v) is 5.86. The first-order valence-electron chi connectivity index (χ1n) is 11.6. The normalized spacial score (nSPS) is 10.9. The monoisotopic (exact) mass is 511 g/mol. The van der Waals surface area contributed by atoms with Crippen molar-refractivity contribution in [1.29, 1.82) is 0 Å². The molecule has 3 heterocycles. The number of hydrogen-bond acceptors (Lipinski definition) is 4. The molecule has 3 amide bonds. The standard InChI is InChI=1S/C26H25N9O3/c1-35-13-18(11-22(35)25(38)32-17-4-2-14-6-7-29-19(14)9-17)33-24(37)21-8-15-3-5-16(10-20(15)34-21)31-23(36)12-30-26(27)28/h2-11,13,29,34H,12H2,1H3,(H,31,36)(H,32,38)(H,33,37)(H4,27,28,30). The van der Waals surface area contributed by atoms with Gasteiger partial charge in [-0.15, -0.1) is 0 Å². The minimum atomic E-state index is -0.380. The molecule has 0 radical (unpaired) electrons. The van der Waals surface area contributed by atoms with E-state index in [0.717, 1.165) is 16.3 Å². The minimum Gasteiger partial charge on any atom is -0.370 e. The van der Waals surface area contributed by atoms with Crippen LogP contribution in [0.5, 0.6) is 0 Å². The number of aliphatic imine (C=N–C) groups is 1. The Labute approximate surface area is 216 Å². The van der Waals surface area contributed by atoms with Gasteiger partial charge in [0.05, 0.1) is 5.69 Å². The van der Waals surface area contributed by atoms with Crippen LogP contribution in [0.2, 0.25) is 0 Å². The number of aromatic nitrogens is 3. The summed E-state index contributed by atoms with van der Waals surface area (Å²) in [6, 6.07) is 16.0. The van der Waals surface area contributed by atoms with E-state index in [1.165, 1.54) is 0 Å². The molecule has 0 fully saturated rings. The molecule has 0 spiro atoms. The van der Waals surface area contributed by atoms with E-state index >= 15 is 0 Å². The molecule has 0 aliphatic rings. The zero-order valence-electron chi connectivity index (χ0n) is 20.3. The van der Waals surface area contributed by atoms with E-state index in [0.29, 0.717) is 34.0 Å². The zero-order chi connectivity index (χ0) is 26.8. The summed E-state index contributed by atoms with van der Waals surface area (Å²) < 4.78 is 1.64. The van der Waals surface area contributed by atoms with Gasteiger partial charge in [0.1, 0.15) is 17.9 Å². The number of benzene rings is 2. The Kier molecular flexibility index (Phi) is 6.27. The van der Waals surface area contributed by atoms with Gasteiger partial charge in [-0.2, -0.15) is 0 Å². The number of nitrogens with one attached hydrogen (secondary N) is 5. The van der Waals surface area contributed by atoms with Crippen LogP contribution in [-0.4, -0.2) is 44.8 Å². The number of anilines is 3. The van der Waals surface area contributed by atoms with E-state index < -0.39 is 0 Å². The number of aromatic amines is 2. The Morgan fingerprint density at radius 2 is 1.55 bits per heavy atom. The summed E-state index contributed by atoms with van der Waals surface area (Å²) in [5.74, 6) is -1.24. The first-order chi connectivity index (χ1) is 18.2. The summed E-state index contributed by atoms with van der Waals surface area (Å²) in [4.78, 5) is 47.6. The predicted molar refractivity (Wildman–Crippen MR) is 147 cm³/mol. The fourth-order valence-electron chi connectivity index (χ4n) is 4.07. The lowest BCUT2D eigenvalue weighted by Gasteiger charge is -2.06. The average Bonchev–Trinajstić information content (AvgIpc) is 3.60. The van der Waals surface area contributed by atoms with Gasteiger partial charge in [-0.1, -0.05) is 12.1 Å². The molecular formula is C26H25N9O3. The molecule has 9 N–H and O–H groups in total. The fraction of sp³-hybridized carbons (Fsp3) is 0.0769. The van der Waals surface area contributed by atoms with Crippen molar-refractivity contribution in [2.45, 2.75) is 0 Å². The fourth-order valence-corrected chi connectivity index (χ4v) is 4.07. The van der Waals surface area contributed by atoms with Gasteiger partial charge in [0.25, 0.3) is 11.8 Å². The number of aryl methyl sites for hydroxylation is 1. The molecular weight excluding hydrogens is 486 g/mol. The van der Waals surface area contributed by atoms with E-state index in [-0.39, 0.29) is 30.2 Å². The molecule has 192 valence electrons. The largest absolute Gasteiger partial charge is 0.370 e. The number of nitrogens with two attached hydrogens (primary N) is 2. The van der Waals surface area contributed by atoms with Crippen molar-refractivity contribution in [1.82, 2.24) is 14.5 Å². The van der Waals surface area contributed by atoms with Crippen LogP contribution in [0.3, 0.4) is 0 Å². The number of nitrogens with zero attached hydrogens (tertiary/aromatic N) is 2. The second kappa shape index (κ2) is 9.85. The van der Waals surface area contributed by atoms with Crippen LogP contribution < -0.4 is 27.4 Å². The highest BCUT2D eigenvalue weighted by Gasteiger charge is 2.16. The van der Waals surface area contributed by atoms with Crippen LogP contribution in [-0.2, 0) is 11.8 Å². The molecule has 12 nitrogen and oxygen atoms in total. The van der Waals surface area contributed by atoms with Crippen molar-refractivity contribution in [2.75, 3.05) is 22.5 Å². The summed E-state index contributed by atoms with van der Waals surface area (Å²) in [6.07, 6.45) is 3.50. The molecule has 38 heavy (non-hydrogen) atoms. The summed E-state index contributed by atoms with van der Waals surface area (Å²) in [5, 5.41) is 10.2. The average molecular weight is 512 g/mol. The molecule has 2 aromatic carbocycles. The smallest absolute Gasteiger partial charge is 0.272 e. The maximum Gasteiger partial charge on any atom is 0.272 e. The molecule has 0 unspecified atom stereocenters. The summed E-state index contributed by atoms with van der Waals surface area (Å²) in [5.41, 5.74) is 14.4. The number of fused-ring (bicyclic) bond motifs is 2. The van der Waals surface area contributed by atoms with Crippen molar-refractivity contribution in [3.8, 4) is 0 Å². The maximum atomic E-state index is 12.9. The first-order valence-corrected chi connectivity index (χ1v) is 11.6. The van der Waals surface area contributed by atoms with Crippen molar-refractivity contribution < 1.29 is 14.4 Å². The lowest BCUT2D eigenvalue weighted by atomic mass is 10.2. The molecule has 5 rings (SSSR count). The molecule has 0 aliphatic heterocycles. The van der Waals surface area contributed by atoms with Gasteiger partial charge in [0.2, 0.25) is 5.91 Å². The summed E-state index contributed by atoms with van der Waals surface area (Å²) in [7, 11) is 1.73. The van der Waals surface area contributed by atoms with E-state index in [9.17, 15) is 14.4 Å². The van der Waals surface area contributed by atoms with E-state index in [2.05, 4.69) is 30.9 Å². The highest BCUT2D eigenvalue weighted by molar-refractivity contribution is 6.08. The highest BCUT2D eigenvalue weighted by atomic mass is 16.2. The van der Waals surface area contributed by atoms with Gasteiger partial charge >= 0.3 is 0 Å². The van der Waals surface area contributed by atoms with Crippen LogP contribution in [0.1, 0.15) is 21.0 Å². The lowest BCUT2D eigenvalue weighted by Crippen LogP contribution is -2.25. The lowest BCUT2D eigenvalue weighted by molar-refractivity contribution is -0.114. The van der Waals surface area contributed by atoms with Gasteiger partial charge in [-0.25, -0.2) is 4.99 Å². The molecule has 0 saturated carbocycles. The Morgan fingerprint density at radius 1 is 0.842 bits per heavy atom. The van der Waals surface area contributed by atoms with Crippen LogP contribution in [0.15, 0.2) is 72.0 Å². The topological polar surface area (TPSA) is 188 Å². The summed E-state index contributed by atoms with van der Waals surface area (Å²) >= 11 is 0. The van der Waals surface area contributed by atoms with Crippen molar-refractivity contribution in [3.05, 3.63) is 78.4 Å². The number of H-pyrrole nitrogens is 2. The number of carbonyl (C=O) groups excluding carboxylic acids is 3. The number of hydrogen-bond donors (Lipinski definition) is 7. The molecule has 0 atom stereocenters. The minimum absolute atomic E-state index is 0.170. The highest BCUT2D eigenvalue weighted by Crippen LogP contribution is 2.22. The predicted octanol–water partition coefficient (Wildman–Crippen LogP) is 2.70. The molecule has 0 aliphatic carbocycles. The van der Waals surface area contributed by atoms with Gasteiger partial charge in [0, 0.05) is 47.2 Å². The molecule has 12 heteroatoms. The van der Waals surface area contributed by atoms with Crippen LogP contribution in [0, 0.1) is 0 Å². The second-order valence-electron chi connectivity index (χ2n) is 8.69. The maximum absolute atomic E-state index is 12.9. The number of carbonyl (C=O) groups is 3. The van der Waals surface area contributed by atoms with Gasteiger partial charge in [-0.05, 0) is 47.9 Å². The first kappa shape index (κ1) is 24.2. The quantitative estimate of drug-likeness (QED) is 0.130. The summed E-state index contributed by atoms with van der Waals surface area (Å²) in [6.45, 7) is -0.197. The van der Waals surface area contributed by atoms with Gasteiger partial charge < -0.3 is 42.0 Å². The molecule has 3 aromatic heterocycles. The zero-order valence-corrected chi connectivity index (χ0v) is 20.3. The second-order valence-corrected chi connectivity index (χ2v) is 8.69. The molecule has 0 saturated heterocycles. The van der Waals surface area contributed by atoms with Gasteiger partial charge in [-0.3, -0.25) is 14.4 Å². The Bertz CT molecular complexity index is 1720. The SMILES string of the molecule is Cn1cc(NC(=O)c2cc3ccc(NC(=O)CN=C(N)N)cc3[nH]2)cc1C(=O)Nc1ccc2cc[nH]c2c1. The van der Waals surface area contributed by atoms with Crippen molar-refractivity contribution >= 4 is 62.5 Å². The Balaban J connectivity index is 1.26. The van der Waals surface area contributed by atoms with Gasteiger partial charge in [0.15, 0.2) is 5.96 Å². The Morgan fingerprint density at radius 3 is 2.34 bits per heavy atom. The number of amides is 3. The number of guanidine groups is 1. The van der Waals surface area contributed by atoms with E-state index in [4.69, 9.17) is 11.5 Å². The third-order valence-electron chi connectivity index (χ3n) is 5.86. The number of rotatable bonds is 7. The Hall–Kier alpha value is -5.52. The van der Waals surface area contributed by atoms with Crippen LogP contribution in [0.25, 0.3) is 21.8 Å².